The zero-order valence-corrected chi connectivity index (χ0v) is 10.9. The third-order valence-electron chi connectivity index (χ3n) is 2.88. The fourth-order valence-electron chi connectivity index (χ4n) is 1.87. The van der Waals surface area contributed by atoms with E-state index in [4.69, 9.17) is 0 Å². The number of methoxy groups -OCH3 is 1. The summed E-state index contributed by atoms with van der Waals surface area (Å²) in [5.74, 6) is -0.283. The van der Waals surface area contributed by atoms with E-state index in [9.17, 15) is 4.79 Å². The Morgan fingerprint density at radius 3 is 2.71 bits per heavy atom. The van der Waals surface area contributed by atoms with Crippen molar-refractivity contribution >= 4 is 17.7 Å². The summed E-state index contributed by atoms with van der Waals surface area (Å²) in [5.41, 5.74) is 1.82. The summed E-state index contributed by atoms with van der Waals surface area (Å²) in [6.07, 6.45) is 1.21. The summed E-state index contributed by atoms with van der Waals surface area (Å²) in [6.45, 7) is 3.30. The van der Waals surface area contributed by atoms with E-state index in [0.29, 0.717) is 16.2 Å². The number of ether oxygens (including phenoxy) is 1. The van der Waals surface area contributed by atoms with Crippen LogP contribution in [-0.2, 0) is 4.74 Å². The van der Waals surface area contributed by atoms with E-state index >= 15 is 0 Å². The molecule has 1 aromatic carbocycles. The minimum absolute atomic E-state index is 0.283. The van der Waals surface area contributed by atoms with Gasteiger partial charge in [-0.1, -0.05) is 19.1 Å². The van der Waals surface area contributed by atoms with Gasteiger partial charge in [-0.2, -0.15) is 0 Å². The van der Waals surface area contributed by atoms with E-state index < -0.39 is 0 Å². The molecule has 0 aromatic heterocycles. The molecule has 17 heavy (non-hydrogen) atoms. The highest BCUT2D eigenvalue weighted by molar-refractivity contribution is 8.00. The molecule has 0 saturated carbocycles. The van der Waals surface area contributed by atoms with Crippen LogP contribution in [-0.4, -0.2) is 24.9 Å². The van der Waals surface area contributed by atoms with Crippen LogP contribution in [0.4, 0.5) is 0 Å². The maximum atomic E-state index is 11.3. The number of esters is 1. The molecular formula is C13H17NO2S. The average Bonchev–Trinajstić information content (AvgIpc) is 2.38. The van der Waals surface area contributed by atoms with Gasteiger partial charge < -0.3 is 10.1 Å². The highest BCUT2D eigenvalue weighted by atomic mass is 32.2. The second kappa shape index (κ2) is 5.56. The van der Waals surface area contributed by atoms with Crippen LogP contribution in [0.25, 0.3) is 0 Å². The maximum absolute atomic E-state index is 11.3. The fourth-order valence-corrected chi connectivity index (χ4v) is 3.12. The SMILES string of the molecule is COC(=O)c1ccc(C2NCCC(C)S2)cc1. The lowest BCUT2D eigenvalue weighted by Gasteiger charge is -2.28. The second-order valence-corrected chi connectivity index (χ2v) is 5.73. The van der Waals surface area contributed by atoms with Crippen molar-refractivity contribution in [2.24, 2.45) is 0 Å². The lowest BCUT2D eigenvalue weighted by molar-refractivity contribution is 0.0600. The Morgan fingerprint density at radius 2 is 2.12 bits per heavy atom. The zero-order chi connectivity index (χ0) is 12.3. The van der Waals surface area contributed by atoms with Crippen LogP contribution in [0.2, 0.25) is 0 Å². The number of benzene rings is 1. The van der Waals surface area contributed by atoms with Crippen LogP contribution in [0.1, 0.15) is 34.6 Å². The summed E-state index contributed by atoms with van der Waals surface area (Å²) in [5, 5.41) is 4.50. The number of carbonyl (C=O) groups is 1. The molecule has 0 spiro atoms. The number of rotatable bonds is 2. The van der Waals surface area contributed by atoms with Gasteiger partial charge in [-0.3, -0.25) is 0 Å². The van der Waals surface area contributed by atoms with E-state index in [1.165, 1.54) is 19.1 Å². The van der Waals surface area contributed by atoms with Crippen LogP contribution < -0.4 is 5.32 Å². The fraction of sp³-hybridized carbons (Fsp3) is 0.462. The minimum atomic E-state index is -0.283. The number of nitrogens with one attached hydrogen (secondary N) is 1. The van der Waals surface area contributed by atoms with Crippen molar-refractivity contribution in [3.8, 4) is 0 Å². The average molecular weight is 251 g/mol. The molecule has 1 aliphatic heterocycles. The van der Waals surface area contributed by atoms with Crippen LogP contribution in [0.3, 0.4) is 0 Å². The van der Waals surface area contributed by atoms with Crippen LogP contribution in [0.15, 0.2) is 24.3 Å². The molecule has 0 radical (unpaired) electrons. The molecule has 0 amide bonds. The minimum Gasteiger partial charge on any atom is -0.465 e. The van der Waals surface area contributed by atoms with Gasteiger partial charge in [-0.25, -0.2) is 4.79 Å². The molecule has 1 heterocycles. The topological polar surface area (TPSA) is 38.3 Å². The van der Waals surface area contributed by atoms with Crippen molar-refractivity contribution in [1.29, 1.82) is 0 Å². The summed E-state index contributed by atoms with van der Waals surface area (Å²) in [6, 6.07) is 7.63. The van der Waals surface area contributed by atoms with Gasteiger partial charge in [-0.15, -0.1) is 11.8 Å². The van der Waals surface area contributed by atoms with E-state index in [2.05, 4.69) is 17.0 Å². The lowest BCUT2D eigenvalue weighted by Crippen LogP contribution is -2.28. The van der Waals surface area contributed by atoms with Gasteiger partial charge in [0.25, 0.3) is 0 Å². The monoisotopic (exact) mass is 251 g/mol. The molecule has 1 N–H and O–H groups in total. The summed E-state index contributed by atoms with van der Waals surface area (Å²) in [4.78, 5) is 11.3. The van der Waals surface area contributed by atoms with Gasteiger partial charge in [0, 0.05) is 5.25 Å². The number of hydrogen-bond acceptors (Lipinski definition) is 4. The van der Waals surface area contributed by atoms with Crippen LogP contribution >= 0.6 is 11.8 Å². The normalized spacial score (nSPS) is 24.4. The van der Waals surface area contributed by atoms with Crippen molar-refractivity contribution in [1.82, 2.24) is 5.32 Å². The number of carbonyl (C=O) groups excluding carboxylic acids is 1. The maximum Gasteiger partial charge on any atom is 0.337 e. The largest absolute Gasteiger partial charge is 0.465 e. The van der Waals surface area contributed by atoms with E-state index in [1.54, 1.807) is 0 Å². The van der Waals surface area contributed by atoms with E-state index in [-0.39, 0.29) is 5.97 Å². The molecule has 92 valence electrons. The van der Waals surface area contributed by atoms with Gasteiger partial charge in [0.05, 0.1) is 18.0 Å². The zero-order valence-electron chi connectivity index (χ0n) is 10.1. The van der Waals surface area contributed by atoms with Crippen molar-refractivity contribution < 1.29 is 9.53 Å². The summed E-state index contributed by atoms with van der Waals surface area (Å²) < 4.78 is 4.68. The highest BCUT2D eigenvalue weighted by Gasteiger charge is 2.20. The molecular weight excluding hydrogens is 234 g/mol. The number of hydrogen-bond donors (Lipinski definition) is 1. The predicted octanol–water partition coefficient (Wildman–Crippen LogP) is 2.59. The first-order chi connectivity index (χ1) is 8.20. The van der Waals surface area contributed by atoms with E-state index in [0.717, 1.165) is 6.54 Å². The Labute approximate surface area is 106 Å². The van der Waals surface area contributed by atoms with Crippen molar-refractivity contribution in [3.63, 3.8) is 0 Å². The molecule has 3 nitrogen and oxygen atoms in total. The van der Waals surface area contributed by atoms with Crippen LogP contribution in [0.5, 0.6) is 0 Å². The molecule has 4 heteroatoms. The first-order valence-corrected chi connectivity index (χ1v) is 6.72. The first-order valence-electron chi connectivity index (χ1n) is 5.78. The Kier molecular flexibility index (Phi) is 4.07. The van der Waals surface area contributed by atoms with Crippen molar-refractivity contribution in [2.75, 3.05) is 13.7 Å². The number of thioether (sulfide) groups is 1. The Morgan fingerprint density at radius 1 is 1.41 bits per heavy atom. The van der Waals surface area contributed by atoms with Gasteiger partial charge in [0.1, 0.15) is 0 Å². The molecule has 0 bridgehead atoms. The molecule has 1 saturated heterocycles. The van der Waals surface area contributed by atoms with Gasteiger partial charge in [0.2, 0.25) is 0 Å². The van der Waals surface area contributed by atoms with Gasteiger partial charge >= 0.3 is 5.97 Å². The van der Waals surface area contributed by atoms with E-state index in [1.807, 2.05) is 36.0 Å². The smallest absolute Gasteiger partial charge is 0.337 e. The molecule has 1 aromatic rings. The predicted molar refractivity (Wildman–Crippen MR) is 70.2 cm³/mol. The first kappa shape index (κ1) is 12.5. The quantitative estimate of drug-likeness (QED) is 0.820. The Balaban J connectivity index is 2.09. The molecule has 2 atom stereocenters. The molecule has 0 aliphatic carbocycles. The van der Waals surface area contributed by atoms with Gasteiger partial charge in [-0.05, 0) is 30.7 Å². The third-order valence-corrected chi connectivity index (χ3v) is 4.29. The summed E-state index contributed by atoms with van der Waals surface area (Å²) >= 11 is 1.93. The standard InChI is InChI=1S/C13H17NO2S/c1-9-7-8-14-12(17-9)10-3-5-11(6-4-10)13(15)16-2/h3-6,9,12,14H,7-8H2,1-2H3. The second-order valence-electron chi connectivity index (χ2n) is 4.18. The molecule has 2 unspecified atom stereocenters. The highest BCUT2D eigenvalue weighted by Crippen LogP contribution is 2.34. The summed E-state index contributed by atoms with van der Waals surface area (Å²) in [7, 11) is 1.40. The van der Waals surface area contributed by atoms with Crippen molar-refractivity contribution in [3.05, 3.63) is 35.4 Å². The molecule has 2 rings (SSSR count). The van der Waals surface area contributed by atoms with Crippen molar-refractivity contribution in [2.45, 2.75) is 24.0 Å². The third kappa shape index (κ3) is 3.01. The Hall–Kier alpha value is -1.00. The van der Waals surface area contributed by atoms with Gasteiger partial charge in [0.15, 0.2) is 0 Å². The molecule has 1 fully saturated rings. The lowest BCUT2D eigenvalue weighted by atomic mass is 10.1. The van der Waals surface area contributed by atoms with Crippen LogP contribution in [0, 0.1) is 0 Å². The Bertz CT molecular complexity index is 391. The molecule has 1 aliphatic rings.